The summed E-state index contributed by atoms with van der Waals surface area (Å²) in [5, 5.41) is 22.7. The van der Waals surface area contributed by atoms with Crippen molar-refractivity contribution >= 4 is 17.5 Å². The second-order valence-electron chi connectivity index (χ2n) is 11.0. The molecule has 14 heteroatoms. The van der Waals surface area contributed by atoms with Gasteiger partial charge in [0.2, 0.25) is 18.2 Å². The number of benzene rings is 1. The molecule has 0 spiro atoms. The second kappa shape index (κ2) is 11.6. The number of hydrogen-bond acceptors (Lipinski definition) is 6. The summed E-state index contributed by atoms with van der Waals surface area (Å²) >= 11 is 0. The fourth-order valence-corrected chi connectivity index (χ4v) is 4.78. The van der Waals surface area contributed by atoms with E-state index in [1.807, 2.05) is 0 Å². The molecule has 39 heavy (non-hydrogen) atoms. The highest BCUT2D eigenvalue weighted by Crippen LogP contribution is 2.38. The Bertz CT molecular complexity index is 1000. The molecule has 2 heterocycles. The fourth-order valence-electron chi connectivity index (χ4n) is 4.78. The molecule has 2 amide bonds. The largest absolute Gasteiger partial charge is 0.416 e. The predicted octanol–water partition coefficient (Wildman–Crippen LogP) is 3.82. The average Bonchev–Trinajstić information content (AvgIpc) is 3.18. The van der Waals surface area contributed by atoms with Gasteiger partial charge in [0.05, 0.1) is 28.9 Å². The Morgan fingerprint density at radius 3 is 2.05 bits per heavy atom. The number of ether oxygens (including phenoxy) is 1. The van der Waals surface area contributed by atoms with Crippen LogP contribution in [0, 0.1) is 5.92 Å². The molecule has 1 aromatic carbocycles. The third-order valence-electron chi connectivity index (χ3n) is 6.62. The van der Waals surface area contributed by atoms with Gasteiger partial charge in [-0.3, -0.25) is 9.59 Å². The van der Waals surface area contributed by atoms with E-state index in [1.54, 1.807) is 25.7 Å². The minimum atomic E-state index is -5.03. The first-order chi connectivity index (χ1) is 17.8. The quantitative estimate of drug-likeness (QED) is 0.356. The van der Waals surface area contributed by atoms with Gasteiger partial charge in [0.1, 0.15) is 0 Å². The number of likely N-dealkylation sites (tertiary alicyclic amines) is 2. The van der Waals surface area contributed by atoms with Gasteiger partial charge in [-0.15, -0.1) is 0 Å². The fraction of sp³-hybridized carbons (Fsp3) is 0.680. The first kappa shape index (κ1) is 31.1. The lowest BCUT2D eigenvalue weighted by molar-refractivity contribution is -0.243. The van der Waals surface area contributed by atoms with Crippen LogP contribution in [0.2, 0.25) is 0 Å². The van der Waals surface area contributed by atoms with Crippen molar-refractivity contribution in [3.8, 4) is 0 Å². The van der Waals surface area contributed by atoms with E-state index in [4.69, 9.17) is 4.74 Å². The van der Waals surface area contributed by atoms with Crippen LogP contribution in [0.5, 0.6) is 0 Å². The number of rotatable bonds is 6. The Hall–Kier alpha value is -2.42. The Morgan fingerprint density at radius 2 is 1.56 bits per heavy atom. The van der Waals surface area contributed by atoms with Crippen molar-refractivity contribution in [1.82, 2.24) is 9.80 Å². The lowest BCUT2D eigenvalue weighted by Gasteiger charge is -2.37. The Morgan fingerprint density at radius 1 is 1.03 bits per heavy atom. The number of piperidine rings is 1. The van der Waals surface area contributed by atoms with Crippen LogP contribution in [0.1, 0.15) is 57.6 Å². The van der Waals surface area contributed by atoms with Gasteiger partial charge in [0.15, 0.2) is 0 Å². The summed E-state index contributed by atoms with van der Waals surface area (Å²) < 4.78 is 84.0. The number of carbonyl (C=O) groups is 2. The molecule has 3 atom stereocenters. The number of aliphatic hydroxyl groups is 2. The normalized spacial score (nSPS) is 22.7. The number of nitrogens with one attached hydrogen (secondary N) is 1. The zero-order valence-corrected chi connectivity index (χ0v) is 21.8. The predicted molar refractivity (Wildman–Crippen MR) is 127 cm³/mol. The molecule has 1 aromatic rings. The molecule has 0 unspecified atom stereocenters. The number of amides is 2. The van der Waals surface area contributed by atoms with Crippen molar-refractivity contribution in [2.75, 3.05) is 25.0 Å². The van der Waals surface area contributed by atoms with Crippen LogP contribution < -0.4 is 5.32 Å². The molecule has 2 fully saturated rings. The number of anilines is 1. The van der Waals surface area contributed by atoms with Gasteiger partial charge in [0, 0.05) is 31.7 Å². The van der Waals surface area contributed by atoms with Gasteiger partial charge in [-0.05, 0) is 64.2 Å². The zero-order chi connectivity index (χ0) is 29.3. The molecule has 3 N–H and O–H groups in total. The molecular formula is C25H33F6N3O5. The first-order valence-electron chi connectivity index (χ1n) is 12.5. The minimum Gasteiger partial charge on any atom is -0.392 e. The maximum atomic E-state index is 13.2. The van der Waals surface area contributed by atoms with E-state index in [0.717, 1.165) is 0 Å². The summed E-state index contributed by atoms with van der Waals surface area (Å²) in [6, 6.07) is 0.0873. The number of carbonyl (C=O) groups excluding carboxylic acids is 2. The van der Waals surface area contributed by atoms with Crippen molar-refractivity contribution in [2.45, 2.75) is 83.0 Å². The smallest absolute Gasteiger partial charge is 0.392 e. The molecule has 0 bridgehead atoms. The molecule has 220 valence electrons. The molecule has 2 aliphatic heterocycles. The summed E-state index contributed by atoms with van der Waals surface area (Å²) in [5.41, 5.74) is -4.35. The Balaban J connectivity index is 1.58. The van der Waals surface area contributed by atoms with Crippen LogP contribution in [-0.2, 0) is 26.7 Å². The number of β-amino-alcohol motifs (C(OH)–C–C–N with tert-alkyl or cyclic N) is 1. The lowest BCUT2D eigenvalue weighted by Crippen LogP contribution is -2.52. The van der Waals surface area contributed by atoms with Crippen LogP contribution in [0.15, 0.2) is 18.2 Å². The van der Waals surface area contributed by atoms with Gasteiger partial charge >= 0.3 is 12.4 Å². The van der Waals surface area contributed by atoms with Crippen molar-refractivity contribution in [1.29, 1.82) is 0 Å². The van der Waals surface area contributed by atoms with E-state index in [0.29, 0.717) is 25.0 Å². The molecule has 2 saturated heterocycles. The number of nitrogens with zero attached hydrogens (tertiary/aromatic N) is 2. The summed E-state index contributed by atoms with van der Waals surface area (Å²) in [5.74, 6) is -1.29. The first-order valence-corrected chi connectivity index (χ1v) is 12.5. The topological polar surface area (TPSA) is 102 Å². The van der Waals surface area contributed by atoms with Crippen molar-refractivity contribution in [3.05, 3.63) is 29.3 Å². The second-order valence-corrected chi connectivity index (χ2v) is 11.0. The third-order valence-corrected chi connectivity index (χ3v) is 6.62. The van der Waals surface area contributed by atoms with E-state index in [1.165, 1.54) is 4.90 Å². The molecule has 0 aromatic heterocycles. The summed E-state index contributed by atoms with van der Waals surface area (Å²) in [4.78, 5) is 28.6. The molecule has 0 aliphatic carbocycles. The van der Waals surface area contributed by atoms with E-state index in [-0.39, 0.29) is 50.4 Å². The molecule has 8 nitrogen and oxygen atoms in total. The van der Waals surface area contributed by atoms with Crippen LogP contribution in [0.25, 0.3) is 0 Å². The van der Waals surface area contributed by atoms with Gasteiger partial charge in [-0.1, -0.05) is 0 Å². The van der Waals surface area contributed by atoms with Crippen LogP contribution in [0.3, 0.4) is 0 Å². The van der Waals surface area contributed by atoms with Gasteiger partial charge in [0.25, 0.3) is 0 Å². The number of aliphatic hydroxyl groups excluding tert-OH is 2. The maximum absolute atomic E-state index is 13.2. The lowest BCUT2D eigenvalue weighted by atomic mass is 9.92. The van der Waals surface area contributed by atoms with E-state index >= 15 is 0 Å². The molecule has 0 saturated carbocycles. The molecular weight excluding hydrogens is 536 g/mol. The maximum Gasteiger partial charge on any atom is 0.416 e. The van der Waals surface area contributed by atoms with E-state index in [2.05, 4.69) is 5.32 Å². The van der Waals surface area contributed by atoms with Crippen molar-refractivity contribution in [2.24, 2.45) is 5.92 Å². The van der Waals surface area contributed by atoms with Crippen molar-refractivity contribution < 1.29 is 50.9 Å². The van der Waals surface area contributed by atoms with Crippen LogP contribution in [0.4, 0.5) is 32.0 Å². The van der Waals surface area contributed by atoms with E-state index < -0.39 is 59.2 Å². The monoisotopic (exact) mass is 569 g/mol. The summed E-state index contributed by atoms with van der Waals surface area (Å²) in [6.45, 7) is 5.79. The molecule has 0 radical (unpaired) electrons. The third kappa shape index (κ3) is 8.53. The number of hydrogen-bond donors (Lipinski definition) is 3. The summed E-state index contributed by atoms with van der Waals surface area (Å²) in [7, 11) is 0. The van der Waals surface area contributed by atoms with Gasteiger partial charge in [-0.25, -0.2) is 4.90 Å². The molecule has 3 rings (SSSR count). The SMILES string of the molecule is CC(C)(C)O[C@H](O)N1C[C@H](O)C[C@H]1C(=O)N1CCC(CC(=O)Nc2cc(C(F)(F)F)cc(C(F)(F)F)c2)CC1. The number of alkyl halides is 6. The van der Waals surface area contributed by atoms with Gasteiger partial charge in [-0.2, -0.15) is 26.3 Å². The summed E-state index contributed by atoms with van der Waals surface area (Å²) in [6.07, 6.45) is -11.6. The zero-order valence-electron chi connectivity index (χ0n) is 21.8. The van der Waals surface area contributed by atoms with Crippen LogP contribution in [-0.4, -0.2) is 75.6 Å². The molecule has 2 aliphatic rings. The Kier molecular flexibility index (Phi) is 9.25. The number of halogens is 6. The van der Waals surface area contributed by atoms with Crippen LogP contribution >= 0.6 is 0 Å². The highest BCUT2D eigenvalue weighted by atomic mass is 19.4. The Labute approximate surface area is 221 Å². The van der Waals surface area contributed by atoms with Gasteiger partial charge < -0.3 is 25.2 Å². The minimum absolute atomic E-state index is 0.0128. The van der Waals surface area contributed by atoms with Crippen molar-refractivity contribution in [3.63, 3.8) is 0 Å². The highest BCUT2D eigenvalue weighted by Gasteiger charge is 2.43. The highest BCUT2D eigenvalue weighted by molar-refractivity contribution is 5.91. The average molecular weight is 570 g/mol. The van der Waals surface area contributed by atoms with E-state index in [9.17, 15) is 46.1 Å². The standard InChI is InChI=1S/C25H33F6N3O5/c1-23(2,3)39-22(38)34-13-18(35)12-19(34)21(37)33-6-4-14(5-7-33)8-20(36)32-17-10-15(24(26,27)28)9-16(11-17)25(29,30)31/h9-11,14,18-19,22,35,38H,4-8,12-13H2,1-3H3,(H,32,36)/t18-,19+,22+/m1/s1.